The first-order chi connectivity index (χ1) is 18.3. The summed E-state index contributed by atoms with van der Waals surface area (Å²) in [5.74, 6) is 1.77. The van der Waals surface area contributed by atoms with Crippen molar-refractivity contribution in [3.8, 4) is 5.75 Å². The third kappa shape index (κ3) is 6.10. The lowest BCUT2D eigenvalue weighted by Crippen LogP contribution is -2.36. The molecule has 3 aliphatic rings. The van der Waals surface area contributed by atoms with Crippen LogP contribution in [0.4, 0.5) is 11.5 Å². The molecule has 3 aromatic rings. The van der Waals surface area contributed by atoms with E-state index in [-0.39, 0.29) is 6.10 Å². The van der Waals surface area contributed by atoms with Gasteiger partial charge in [-0.3, -0.25) is 9.88 Å². The maximum absolute atomic E-state index is 6.58. The first kappa shape index (κ1) is 24.3. The predicted octanol–water partition coefficient (Wildman–Crippen LogP) is 4.04. The van der Waals surface area contributed by atoms with E-state index in [1.54, 1.807) is 18.7 Å². The van der Waals surface area contributed by atoms with Crippen molar-refractivity contribution in [2.45, 2.75) is 63.6 Å². The van der Waals surface area contributed by atoms with Gasteiger partial charge < -0.3 is 19.7 Å². The summed E-state index contributed by atoms with van der Waals surface area (Å²) in [5, 5.41) is 3.66. The van der Waals surface area contributed by atoms with Crippen molar-refractivity contribution >= 4 is 22.5 Å². The van der Waals surface area contributed by atoms with Crippen molar-refractivity contribution in [2.75, 3.05) is 49.6 Å². The molecule has 4 heterocycles. The predicted molar refractivity (Wildman–Crippen MR) is 144 cm³/mol. The summed E-state index contributed by atoms with van der Waals surface area (Å²) in [7, 11) is 0. The van der Waals surface area contributed by atoms with Crippen molar-refractivity contribution < 1.29 is 9.47 Å². The second kappa shape index (κ2) is 11.6. The van der Waals surface area contributed by atoms with Crippen molar-refractivity contribution in [3.05, 3.63) is 42.6 Å². The van der Waals surface area contributed by atoms with Crippen molar-refractivity contribution in [1.29, 1.82) is 0 Å². The van der Waals surface area contributed by atoms with Crippen molar-refractivity contribution in [1.82, 2.24) is 24.8 Å². The minimum absolute atomic E-state index is 0.170. The lowest BCUT2D eigenvalue weighted by molar-refractivity contribution is 0.122. The summed E-state index contributed by atoms with van der Waals surface area (Å²) in [4.78, 5) is 23.0. The molecule has 2 aromatic heterocycles. The number of anilines is 2. The van der Waals surface area contributed by atoms with Gasteiger partial charge in [-0.15, -0.1) is 0 Å². The highest BCUT2D eigenvalue weighted by Crippen LogP contribution is 2.33. The summed E-state index contributed by atoms with van der Waals surface area (Å²) in [5.41, 5.74) is 3.94. The number of piperidine rings is 1. The Morgan fingerprint density at radius 2 is 1.68 bits per heavy atom. The number of nitrogens with one attached hydrogen (secondary N) is 1. The van der Waals surface area contributed by atoms with Crippen LogP contribution in [0.5, 0.6) is 5.75 Å². The average Bonchev–Trinajstić information content (AvgIpc) is 2.95. The lowest BCUT2D eigenvalue weighted by atomic mass is 9.93. The standard InChI is InChI=1S/C28H37N7O2/c1-2-10-34(11-3-1)19-22-16-27(32-20-31-22)33-21-4-6-24(7-5-21)37-26-18-23(35-12-14-36-15-13-35)17-25-28(26)30-9-8-29-25/h8-9,16-18,20-21,24H,1-7,10-15,19H2,(H,31,32,33). The summed E-state index contributed by atoms with van der Waals surface area (Å²) in [6.07, 6.45) is 13.4. The smallest absolute Gasteiger partial charge is 0.149 e. The molecule has 2 saturated heterocycles. The molecule has 1 N–H and O–H groups in total. The number of rotatable bonds is 7. The molecule has 196 valence electrons. The van der Waals surface area contributed by atoms with E-state index in [1.807, 2.05) is 0 Å². The van der Waals surface area contributed by atoms with Crippen LogP contribution in [-0.4, -0.2) is 76.4 Å². The summed E-state index contributed by atoms with van der Waals surface area (Å²) in [6, 6.07) is 6.77. The van der Waals surface area contributed by atoms with Gasteiger partial charge in [0.25, 0.3) is 0 Å². The van der Waals surface area contributed by atoms with Gasteiger partial charge in [-0.05, 0) is 57.7 Å². The third-order valence-corrected chi connectivity index (χ3v) is 7.78. The van der Waals surface area contributed by atoms with E-state index in [2.05, 4.69) is 53.3 Å². The average molecular weight is 504 g/mol. The van der Waals surface area contributed by atoms with Crippen molar-refractivity contribution in [2.24, 2.45) is 0 Å². The highest BCUT2D eigenvalue weighted by Gasteiger charge is 2.25. The van der Waals surface area contributed by atoms with Crippen LogP contribution in [0.25, 0.3) is 11.0 Å². The van der Waals surface area contributed by atoms with Crippen LogP contribution >= 0.6 is 0 Å². The molecule has 3 fully saturated rings. The second-order valence-electron chi connectivity index (χ2n) is 10.4. The van der Waals surface area contributed by atoms with E-state index in [1.165, 1.54) is 32.4 Å². The molecule has 1 aromatic carbocycles. The number of ether oxygens (including phenoxy) is 2. The Kier molecular flexibility index (Phi) is 7.60. The fourth-order valence-corrected chi connectivity index (χ4v) is 5.75. The number of fused-ring (bicyclic) bond motifs is 1. The van der Waals surface area contributed by atoms with Gasteiger partial charge in [0.05, 0.1) is 30.5 Å². The van der Waals surface area contributed by atoms with Gasteiger partial charge in [0.15, 0.2) is 0 Å². The third-order valence-electron chi connectivity index (χ3n) is 7.78. The van der Waals surface area contributed by atoms with E-state index >= 15 is 0 Å². The van der Waals surface area contributed by atoms with E-state index in [0.29, 0.717) is 6.04 Å². The summed E-state index contributed by atoms with van der Waals surface area (Å²) >= 11 is 0. The van der Waals surface area contributed by atoms with Gasteiger partial charge in [-0.25, -0.2) is 15.0 Å². The first-order valence-electron chi connectivity index (χ1n) is 13.8. The summed E-state index contributed by atoms with van der Waals surface area (Å²) < 4.78 is 12.1. The van der Waals surface area contributed by atoms with Crippen LogP contribution in [0.1, 0.15) is 50.6 Å². The molecule has 0 spiro atoms. The summed E-state index contributed by atoms with van der Waals surface area (Å²) in [6.45, 7) is 6.52. The lowest BCUT2D eigenvalue weighted by Gasteiger charge is -2.31. The van der Waals surface area contributed by atoms with Gasteiger partial charge in [-0.1, -0.05) is 6.42 Å². The molecule has 9 heteroatoms. The number of hydrogen-bond acceptors (Lipinski definition) is 9. The fourth-order valence-electron chi connectivity index (χ4n) is 5.75. The van der Waals surface area contributed by atoms with E-state index in [9.17, 15) is 0 Å². The molecule has 1 aliphatic carbocycles. The molecule has 1 saturated carbocycles. The van der Waals surface area contributed by atoms with E-state index < -0.39 is 0 Å². The SMILES string of the molecule is c1nc(CN2CCCCC2)cc(NC2CCC(Oc3cc(N4CCOCC4)cc4nccnc34)CC2)n1. The molecule has 0 amide bonds. The number of nitrogens with zero attached hydrogens (tertiary/aromatic N) is 6. The van der Waals surface area contributed by atoms with Gasteiger partial charge in [0.1, 0.15) is 23.4 Å². The van der Waals surface area contributed by atoms with Gasteiger partial charge >= 0.3 is 0 Å². The van der Waals surface area contributed by atoms with Gasteiger partial charge in [0, 0.05) is 55.9 Å². The number of morpholine rings is 1. The number of hydrogen-bond donors (Lipinski definition) is 1. The largest absolute Gasteiger partial charge is 0.488 e. The minimum atomic E-state index is 0.170. The normalized spacial score (nSPS) is 23.2. The maximum Gasteiger partial charge on any atom is 0.149 e. The van der Waals surface area contributed by atoms with Crippen LogP contribution in [0, 0.1) is 0 Å². The zero-order valence-electron chi connectivity index (χ0n) is 21.5. The molecule has 9 nitrogen and oxygen atoms in total. The Bertz CT molecular complexity index is 1170. The molecule has 0 bridgehead atoms. The second-order valence-corrected chi connectivity index (χ2v) is 10.4. The Hall–Kier alpha value is -3.04. The molecule has 0 unspecified atom stereocenters. The van der Waals surface area contributed by atoms with E-state index in [0.717, 1.165) is 92.5 Å². The van der Waals surface area contributed by atoms with Crippen molar-refractivity contribution in [3.63, 3.8) is 0 Å². The first-order valence-corrected chi connectivity index (χ1v) is 13.8. The van der Waals surface area contributed by atoms with Crippen LogP contribution in [0.3, 0.4) is 0 Å². The number of benzene rings is 1. The molecule has 2 aliphatic heterocycles. The highest BCUT2D eigenvalue weighted by atomic mass is 16.5. The maximum atomic E-state index is 6.58. The zero-order chi connectivity index (χ0) is 24.9. The number of aromatic nitrogens is 4. The Morgan fingerprint density at radius 1 is 0.865 bits per heavy atom. The topological polar surface area (TPSA) is 88.5 Å². The monoisotopic (exact) mass is 503 g/mol. The molecule has 37 heavy (non-hydrogen) atoms. The molecular weight excluding hydrogens is 466 g/mol. The quantitative estimate of drug-likeness (QED) is 0.513. The highest BCUT2D eigenvalue weighted by molar-refractivity contribution is 5.85. The van der Waals surface area contributed by atoms with Crippen LogP contribution < -0.4 is 15.0 Å². The number of likely N-dealkylation sites (tertiary alicyclic amines) is 1. The van der Waals surface area contributed by atoms with Gasteiger partial charge in [-0.2, -0.15) is 0 Å². The fraction of sp³-hybridized carbons (Fsp3) is 0.571. The molecule has 0 radical (unpaired) electrons. The van der Waals surface area contributed by atoms with Crippen LogP contribution in [-0.2, 0) is 11.3 Å². The Morgan fingerprint density at radius 3 is 2.51 bits per heavy atom. The molecular formula is C28H37N7O2. The Balaban J connectivity index is 1.07. The molecule has 6 rings (SSSR count). The van der Waals surface area contributed by atoms with Crippen LogP contribution in [0.2, 0.25) is 0 Å². The van der Waals surface area contributed by atoms with Gasteiger partial charge in [0.2, 0.25) is 0 Å². The van der Waals surface area contributed by atoms with Crippen LogP contribution in [0.15, 0.2) is 36.9 Å². The Labute approximate surface area is 218 Å². The minimum Gasteiger partial charge on any atom is -0.488 e. The zero-order valence-corrected chi connectivity index (χ0v) is 21.5. The van der Waals surface area contributed by atoms with E-state index in [4.69, 9.17) is 9.47 Å². The molecule has 0 atom stereocenters.